The summed E-state index contributed by atoms with van der Waals surface area (Å²) >= 11 is 3.41. The largest absolute Gasteiger partial charge is 0.342 e. The maximum atomic E-state index is 12.3. The van der Waals surface area contributed by atoms with E-state index in [4.69, 9.17) is 5.73 Å². The van der Waals surface area contributed by atoms with Gasteiger partial charge in [-0.3, -0.25) is 4.79 Å². The average Bonchev–Trinajstić information content (AvgIpc) is 2.42. The Bertz CT molecular complexity index is 422. The molecule has 5 heteroatoms. The van der Waals surface area contributed by atoms with Gasteiger partial charge >= 0.3 is 0 Å². The van der Waals surface area contributed by atoms with Crippen molar-refractivity contribution in [1.82, 2.24) is 4.90 Å². The van der Waals surface area contributed by atoms with Gasteiger partial charge in [0.15, 0.2) is 0 Å². The summed E-state index contributed by atoms with van der Waals surface area (Å²) in [7, 11) is 0. The van der Waals surface area contributed by atoms with Gasteiger partial charge in [0, 0.05) is 17.6 Å². The number of piperidine rings is 1. The fourth-order valence-corrected chi connectivity index (χ4v) is 2.92. The molecule has 1 amide bonds. The van der Waals surface area contributed by atoms with E-state index >= 15 is 0 Å². The zero-order valence-electron chi connectivity index (χ0n) is 11.6. The number of amides is 1. The van der Waals surface area contributed by atoms with E-state index in [-0.39, 0.29) is 18.3 Å². The van der Waals surface area contributed by atoms with Crippen molar-refractivity contribution >= 4 is 34.2 Å². The van der Waals surface area contributed by atoms with Crippen LogP contribution in [0.1, 0.15) is 24.8 Å². The molecule has 1 unspecified atom stereocenters. The molecular formula is C15H22BrClN2O. The third-order valence-electron chi connectivity index (χ3n) is 3.72. The molecule has 20 heavy (non-hydrogen) atoms. The number of nitrogens with two attached hydrogens (primary N) is 1. The average molecular weight is 362 g/mol. The first-order valence-electron chi connectivity index (χ1n) is 6.91. The van der Waals surface area contributed by atoms with Crippen molar-refractivity contribution in [3.8, 4) is 0 Å². The highest BCUT2D eigenvalue weighted by Crippen LogP contribution is 2.20. The van der Waals surface area contributed by atoms with Crippen LogP contribution in [0.15, 0.2) is 28.7 Å². The second kappa shape index (κ2) is 8.65. The predicted octanol–water partition coefficient (Wildman–Crippen LogP) is 3.00. The van der Waals surface area contributed by atoms with Crippen LogP contribution >= 0.6 is 28.3 Å². The van der Waals surface area contributed by atoms with Crippen molar-refractivity contribution < 1.29 is 4.79 Å². The molecule has 1 atom stereocenters. The smallest absolute Gasteiger partial charge is 0.226 e. The molecule has 0 radical (unpaired) electrons. The third kappa shape index (κ3) is 5.08. The Morgan fingerprint density at radius 3 is 2.70 bits per heavy atom. The highest BCUT2D eigenvalue weighted by molar-refractivity contribution is 9.10. The third-order valence-corrected chi connectivity index (χ3v) is 4.24. The van der Waals surface area contributed by atoms with E-state index in [1.165, 1.54) is 6.42 Å². The number of carbonyl (C=O) groups is 1. The number of halogens is 2. The highest BCUT2D eigenvalue weighted by atomic mass is 79.9. The molecule has 1 aromatic carbocycles. The molecule has 0 spiro atoms. The number of rotatable bonds is 4. The Morgan fingerprint density at radius 1 is 1.35 bits per heavy atom. The summed E-state index contributed by atoms with van der Waals surface area (Å²) in [5.41, 5.74) is 6.69. The normalized spacial score (nSPS) is 18.5. The van der Waals surface area contributed by atoms with E-state index < -0.39 is 0 Å². The number of nitrogens with zero attached hydrogens (tertiary/aromatic N) is 1. The van der Waals surface area contributed by atoms with Crippen LogP contribution in [0.3, 0.4) is 0 Å². The molecule has 1 fully saturated rings. The summed E-state index contributed by atoms with van der Waals surface area (Å²) in [6.45, 7) is 2.50. The molecule has 1 heterocycles. The Kier molecular flexibility index (Phi) is 7.56. The Morgan fingerprint density at radius 2 is 2.05 bits per heavy atom. The summed E-state index contributed by atoms with van der Waals surface area (Å²) in [5.74, 6) is 0.830. The summed E-state index contributed by atoms with van der Waals surface area (Å²) in [4.78, 5) is 14.3. The fraction of sp³-hybridized carbons (Fsp3) is 0.533. The molecule has 2 N–H and O–H groups in total. The highest BCUT2D eigenvalue weighted by Gasteiger charge is 2.22. The first-order valence-corrected chi connectivity index (χ1v) is 7.70. The predicted molar refractivity (Wildman–Crippen MR) is 88.1 cm³/mol. The van der Waals surface area contributed by atoms with Crippen molar-refractivity contribution in [2.24, 2.45) is 11.7 Å². The lowest BCUT2D eigenvalue weighted by Crippen LogP contribution is -2.41. The number of hydrogen-bond donors (Lipinski definition) is 1. The SMILES string of the molecule is Cl.NCCC1CCCN(C(=O)Cc2ccc(Br)cc2)C1. The molecule has 112 valence electrons. The molecular weight excluding hydrogens is 340 g/mol. The lowest BCUT2D eigenvalue weighted by atomic mass is 9.94. The molecule has 0 aromatic heterocycles. The van der Waals surface area contributed by atoms with Gasteiger partial charge in [0.2, 0.25) is 5.91 Å². The van der Waals surface area contributed by atoms with Crippen LogP contribution in [-0.4, -0.2) is 30.4 Å². The van der Waals surface area contributed by atoms with Crippen LogP contribution in [0.25, 0.3) is 0 Å². The van der Waals surface area contributed by atoms with Crippen LogP contribution in [0.2, 0.25) is 0 Å². The lowest BCUT2D eigenvalue weighted by Gasteiger charge is -2.32. The van der Waals surface area contributed by atoms with E-state index in [0.717, 1.165) is 42.5 Å². The second-order valence-electron chi connectivity index (χ2n) is 5.23. The second-order valence-corrected chi connectivity index (χ2v) is 6.14. The zero-order chi connectivity index (χ0) is 13.7. The monoisotopic (exact) mass is 360 g/mol. The lowest BCUT2D eigenvalue weighted by molar-refractivity contribution is -0.132. The van der Waals surface area contributed by atoms with Gasteiger partial charge in [0.05, 0.1) is 6.42 Å². The first kappa shape index (κ1) is 17.5. The molecule has 1 saturated heterocycles. The number of carbonyl (C=O) groups excluding carboxylic acids is 1. The molecule has 1 aliphatic heterocycles. The first-order chi connectivity index (χ1) is 9.19. The quantitative estimate of drug-likeness (QED) is 0.896. The number of likely N-dealkylation sites (tertiary alicyclic amines) is 1. The molecule has 0 aliphatic carbocycles. The van der Waals surface area contributed by atoms with Crippen LogP contribution in [0, 0.1) is 5.92 Å². The fourth-order valence-electron chi connectivity index (χ4n) is 2.65. The number of hydrogen-bond acceptors (Lipinski definition) is 2. The molecule has 2 rings (SSSR count). The summed E-state index contributed by atoms with van der Waals surface area (Å²) in [6, 6.07) is 7.97. The molecule has 1 aromatic rings. The van der Waals surface area contributed by atoms with Gasteiger partial charge in [0.1, 0.15) is 0 Å². The summed E-state index contributed by atoms with van der Waals surface area (Å²) in [5, 5.41) is 0. The van der Waals surface area contributed by atoms with Crippen molar-refractivity contribution in [3.05, 3.63) is 34.3 Å². The summed E-state index contributed by atoms with van der Waals surface area (Å²) in [6.07, 6.45) is 3.85. The van der Waals surface area contributed by atoms with Crippen molar-refractivity contribution in [2.75, 3.05) is 19.6 Å². The maximum Gasteiger partial charge on any atom is 0.226 e. The molecule has 0 saturated carbocycles. The minimum absolute atomic E-state index is 0. The van der Waals surface area contributed by atoms with Crippen molar-refractivity contribution in [2.45, 2.75) is 25.7 Å². The van der Waals surface area contributed by atoms with E-state index in [9.17, 15) is 4.79 Å². The van der Waals surface area contributed by atoms with Gasteiger partial charge in [-0.1, -0.05) is 28.1 Å². The van der Waals surface area contributed by atoms with E-state index in [1.807, 2.05) is 29.2 Å². The van der Waals surface area contributed by atoms with E-state index in [1.54, 1.807) is 0 Å². The van der Waals surface area contributed by atoms with Gasteiger partial charge in [0.25, 0.3) is 0 Å². The summed E-state index contributed by atoms with van der Waals surface area (Å²) < 4.78 is 1.05. The zero-order valence-corrected chi connectivity index (χ0v) is 14.0. The van der Waals surface area contributed by atoms with E-state index in [0.29, 0.717) is 12.3 Å². The van der Waals surface area contributed by atoms with Gasteiger partial charge in [-0.2, -0.15) is 0 Å². The van der Waals surface area contributed by atoms with Gasteiger partial charge in [-0.25, -0.2) is 0 Å². The van der Waals surface area contributed by atoms with Gasteiger partial charge in [-0.15, -0.1) is 12.4 Å². The molecule has 0 bridgehead atoms. The van der Waals surface area contributed by atoms with Crippen LogP contribution < -0.4 is 5.73 Å². The van der Waals surface area contributed by atoms with Crippen molar-refractivity contribution in [3.63, 3.8) is 0 Å². The van der Waals surface area contributed by atoms with Gasteiger partial charge < -0.3 is 10.6 Å². The van der Waals surface area contributed by atoms with Gasteiger partial charge in [-0.05, 0) is 49.4 Å². The maximum absolute atomic E-state index is 12.3. The van der Waals surface area contributed by atoms with Crippen LogP contribution in [0.5, 0.6) is 0 Å². The van der Waals surface area contributed by atoms with Crippen molar-refractivity contribution in [1.29, 1.82) is 0 Å². The standard InChI is InChI=1S/C15H21BrN2O.ClH/c16-14-5-3-12(4-6-14)10-15(19)18-9-1-2-13(11-18)7-8-17;/h3-6,13H,1-2,7-11,17H2;1H. The Hall–Kier alpha value is -0.580. The molecule has 1 aliphatic rings. The minimum Gasteiger partial charge on any atom is -0.342 e. The number of benzene rings is 1. The van der Waals surface area contributed by atoms with Crippen LogP contribution in [0.4, 0.5) is 0 Å². The topological polar surface area (TPSA) is 46.3 Å². The van der Waals surface area contributed by atoms with Crippen LogP contribution in [-0.2, 0) is 11.2 Å². The Labute approximate surface area is 135 Å². The Balaban J connectivity index is 0.00000200. The minimum atomic E-state index is 0. The van der Waals surface area contributed by atoms with E-state index in [2.05, 4.69) is 15.9 Å². The molecule has 3 nitrogen and oxygen atoms in total.